The van der Waals surface area contributed by atoms with Crippen LogP contribution in [-0.2, 0) is 47.5 Å². The zero-order chi connectivity index (χ0) is 56.0. The molecule has 3 rings (SSSR count). The lowest BCUT2D eigenvalue weighted by molar-refractivity contribution is -1.01. The molecule has 0 radical (unpaired) electrons. The predicted octanol–water partition coefficient (Wildman–Crippen LogP) is 18.6. The number of hydrogen-bond donors (Lipinski definition) is 0. The quantitative estimate of drug-likeness (QED) is 0.0228. The van der Waals surface area contributed by atoms with Gasteiger partial charge in [0.15, 0.2) is 0 Å². The minimum absolute atomic E-state index is 0.00665. The molecule has 0 spiro atoms. The Hall–Kier alpha value is -4.22. The zero-order valence-electron chi connectivity index (χ0n) is 41.7. The van der Waals surface area contributed by atoms with Gasteiger partial charge in [0.25, 0.3) is 0 Å². The first kappa shape index (κ1) is 64.1. The molecule has 3 aromatic rings. The van der Waals surface area contributed by atoms with Crippen LogP contribution in [-0.4, -0.2) is 38.0 Å². The zero-order valence-corrected chi connectivity index (χ0v) is 41.7. The summed E-state index contributed by atoms with van der Waals surface area (Å²) in [4.78, 5) is 0. The number of ether oxygens (including phenoxy) is 1. The van der Waals surface area contributed by atoms with E-state index in [9.17, 15) is 65.9 Å². The number of halogens is 18. The Balaban J connectivity index is 2.68. The molecule has 1 atom stereocenters. The first-order valence-corrected chi connectivity index (χ1v) is 24.6. The van der Waals surface area contributed by atoms with Gasteiger partial charge in [0.1, 0.15) is 17.2 Å². The van der Waals surface area contributed by atoms with Gasteiger partial charge in [-0.2, -0.15) is 79.0 Å². The molecule has 0 saturated carbocycles. The minimum Gasteiger partial charge on any atom is -0.490 e. The Kier molecular flexibility index (Phi) is 23.1. The molecule has 0 aromatic heterocycles. The first-order valence-electron chi connectivity index (χ1n) is 24.6. The monoisotopic (exact) mass is 1090 g/mol. The van der Waals surface area contributed by atoms with E-state index in [1.165, 1.54) is 13.8 Å². The van der Waals surface area contributed by atoms with Crippen molar-refractivity contribution in [3.8, 4) is 17.2 Å². The Morgan fingerprint density at radius 3 is 0.986 bits per heavy atom. The van der Waals surface area contributed by atoms with Crippen molar-refractivity contribution in [1.29, 1.82) is 0 Å². The van der Waals surface area contributed by atoms with Gasteiger partial charge in [0, 0.05) is 6.42 Å². The van der Waals surface area contributed by atoms with E-state index in [2.05, 4.69) is 0 Å². The number of nitrogens with zero attached hydrogens (tertiary/aromatic N) is 1. The van der Waals surface area contributed by atoms with Crippen LogP contribution in [0.2, 0.25) is 0 Å². The molecule has 1 unspecified atom stereocenters. The highest BCUT2D eigenvalue weighted by molar-refractivity contribution is 6.39. The van der Waals surface area contributed by atoms with Gasteiger partial charge in [0.2, 0.25) is 5.72 Å². The third kappa shape index (κ3) is 17.9. The highest BCUT2D eigenvalue weighted by Crippen LogP contribution is 2.53. The smallest absolute Gasteiger partial charge is 0.490 e. The van der Waals surface area contributed by atoms with E-state index >= 15 is 13.2 Å². The van der Waals surface area contributed by atoms with Crippen LogP contribution in [0, 0.1) is 0 Å². The Labute approximate surface area is 420 Å². The van der Waals surface area contributed by atoms with Gasteiger partial charge >= 0.3 is 44.4 Å². The van der Waals surface area contributed by atoms with Crippen molar-refractivity contribution in [1.82, 2.24) is 0 Å². The summed E-state index contributed by atoms with van der Waals surface area (Å²) in [5.41, 5.74) is -16.1. The van der Waals surface area contributed by atoms with Gasteiger partial charge in [-0.25, -0.2) is 0 Å². The molecule has 5 nitrogen and oxygen atoms in total. The number of rotatable bonds is 29. The van der Waals surface area contributed by atoms with Gasteiger partial charge < -0.3 is 18.7 Å². The van der Waals surface area contributed by atoms with Crippen LogP contribution in [0.1, 0.15) is 176 Å². The maximum absolute atomic E-state index is 15.9. The summed E-state index contributed by atoms with van der Waals surface area (Å²) in [6.45, 7) is 8.38. The van der Waals surface area contributed by atoms with Crippen molar-refractivity contribution in [2.45, 2.75) is 180 Å². The second-order valence-electron chi connectivity index (χ2n) is 18.1. The van der Waals surface area contributed by atoms with E-state index in [0.29, 0.717) is 57.8 Å². The maximum atomic E-state index is 15.9. The highest BCUT2D eigenvalue weighted by atomic mass is 19.4. The van der Waals surface area contributed by atoms with Crippen LogP contribution in [0.5, 0.6) is 17.2 Å². The van der Waals surface area contributed by atoms with E-state index < -0.39 is 131 Å². The minimum atomic E-state index is -5.76. The fraction of sp³-hybridized carbons (Fsp3) is 0.640. The maximum Gasteiger partial charge on any atom is 0.864 e. The van der Waals surface area contributed by atoms with E-state index in [0.717, 1.165) is 38.5 Å². The van der Waals surface area contributed by atoms with Crippen molar-refractivity contribution in [2.24, 2.45) is 0 Å². The molecule has 0 aliphatic carbocycles. The number of benzene rings is 3. The van der Waals surface area contributed by atoms with E-state index in [-0.39, 0.29) is 60.5 Å². The molecule has 24 heteroatoms. The molecule has 0 fully saturated rings. The molecule has 0 aliphatic rings. The molecule has 0 N–H and O–H groups in total. The molecule has 74 heavy (non-hydrogen) atoms. The molecule has 0 amide bonds. The van der Waals surface area contributed by atoms with Gasteiger partial charge in [-0.1, -0.05) is 85.5 Å². The average molecular weight is 1090 g/mol. The highest BCUT2D eigenvalue weighted by Gasteiger charge is 2.58. The van der Waals surface area contributed by atoms with Crippen LogP contribution in [0.25, 0.3) is 0 Å². The van der Waals surface area contributed by atoms with Crippen LogP contribution in [0.3, 0.4) is 0 Å². The van der Waals surface area contributed by atoms with Gasteiger partial charge in [-0.3, -0.25) is 4.48 Å². The molecular formula is C50H63BF18NO4+. The Morgan fingerprint density at radius 1 is 0.378 bits per heavy atom. The molecule has 0 saturated heterocycles. The molecule has 0 heterocycles. The normalized spacial score (nSPS) is 14.0. The number of quaternary nitrogens is 1. The van der Waals surface area contributed by atoms with E-state index in [1.54, 1.807) is 0 Å². The Morgan fingerprint density at radius 2 is 0.703 bits per heavy atom. The summed E-state index contributed by atoms with van der Waals surface area (Å²) < 4.78 is 284. The largest absolute Gasteiger partial charge is 0.864 e. The van der Waals surface area contributed by atoms with Gasteiger partial charge in [-0.15, -0.1) is 0 Å². The van der Waals surface area contributed by atoms with E-state index in [1.807, 2.05) is 20.8 Å². The van der Waals surface area contributed by atoms with Crippen molar-refractivity contribution in [3.63, 3.8) is 0 Å². The fourth-order valence-electron chi connectivity index (χ4n) is 9.12. The summed E-state index contributed by atoms with van der Waals surface area (Å²) in [6.07, 6.45) is -24.9. The summed E-state index contributed by atoms with van der Waals surface area (Å²) >= 11 is 0. The summed E-state index contributed by atoms with van der Waals surface area (Å²) in [5.74, 6) is -4.70. The van der Waals surface area contributed by atoms with Crippen molar-refractivity contribution in [3.05, 3.63) is 87.5 Å². The second kappa shape index (κ2) is 26.7. The van der Waals surface area contributed by atoms with Crippen molar-refractivity contribution < 1.29 is 102 Å². The van der Waals surface area contributed by atoms with Crippen LogP contribution < -0.4 is 14.0 Å². The number of unbranched alkanes of at least 4 members (excludes halogenated alkanes) is 12. The average Bonchev–Trinajstić information content (AvgIpc) is 3.28. The van der Waals surface area contributed by atoms with Gasteiger partial charge in [0.05, 0.1) is 65.2 Å². The molecule has 420 valence electrons. The standard InChI is InChI=1S/C50H63BF18NO4/c1-6-11-14-17-20-23-70(24-21-18-15-12-7-2,25-22-19-16-13-8-3)44(9-4,71-10-5)43-41(50(67,68)69)32-38(49(64,65)66)33-42(43)74-51(72-39-28-34(45(52,53)54)26-35(29-39)46(55,56)57)73-40-30-36(47(58,59)60)27-37(31-40)48(61,62)63/h26-33H,6-25H2,1-5H3/q+1. The molecular weight excluding hydrogens is 1030 g/mol. The third-order valence-electron chi connectivity index (χ3n) is 12.6. The number of hydrogen-bond acceptors (Lipinski definition) is 4. The number of alkyl halides is 18. The topological polar surface area (TPSA) is 36.9 Å². The molecule has 0 aliphatic heterocycles. The third-order valence-corrected chi connectivity index (χ3v) is 12.6. The second-order valence-corrected chi connectivity index (χ2v) is 18.1. The lowest BCUT2D eigenvalue weighted by atomic mass is 9.86. The lowest BCUT2D eigenvalue weighted by Gasteiger charge is -2.54. The SMILES string of the molecule is CCCCCCC[N+](CCCCCCC)(CCCCCCC)C(CC)(OCC)c1c(OB(Oc2cc(C(F)(F)F)cc(C(F)(F)F)c2)Oc2cc(C(F)(F)F)cc(C(F)(F)F)c2)cc(C(F)(F)F)cc1C(F)(F)F. The Bertz CT molecular complexity index is 2010. The fourth-order valence-corrected chi connectivity index (χ4v) is 9.12. The molecule has 3 aromatic carbocycles. The van der Waals surface area contributed by atoms with Crippen LogP contribution in [0.4, 0.5) is 79.0 Å². The summed E-state index contributed by atoms with van der Waals surface area (Å²) in [6, 6.07) is -1.55. The lowest BCUT2D eigenvalue weighted by Crippen LogP contribution is -2.65. The van der Waals surface area contributed by atoms with Gasteiger partial charge in [-0.05, 0) is 94.0 Å². The van der Waals surface area contributed by atoms with E-state index in [4.69, 9.17) is 18.7 Å². The summed E-state index contributed by atoms with van der Waals surface area (Å²) in [5, 5.41) is 0. The van der Waals surface area contributed by atoms with Crippen molar-refractivity contribution >= 4 is 7.32 Å². The predicted molar refractivity (Wildman–Crippen MR) is 242 cm³/mol. The molecule has 0 bridgehead atoms. The van der Waals surface area contributed by atoms with Crippen LogP contribution in [0.15, 0.2) is 48.5 Å². The summed E-state index contributed by atoms with van der Waals surface area (Å²) in [7, 11) is -3.34. The van der Waals surface area contributed by atoms with Crippen molar-refractivity contribution in [2.75, 3.05) is 26.2 Å². The van der Waals surface area contributed by atoms with Crippen LogP contribution >= 0.6 is 0 Å². The first-order chi connectivity index (χ1) is 34.2.